The Morgan fingerprint density at radius 3 is 1.64 bits per heavy atom. The predicted molar refractivity (Wildman–Crippen MR) is 215 cm³/mol. The lowest BCUT2D eigenvalue weighted by atomic mass is 10.1. The van der Waals surface area contributed by atoms with Gasteiger partial charge in [-0.15, -0.1) is 0 Å². The van der Waals surface area contributed by atoms with E-state index in [-0.39, 0.29) is 31.7 Å². The van der Waals surface area contributed by atoms with E-state index in [1.54, 1.807) is 0 Å². The third kappa shape index (κ3) is 33.7. The van der Waals surface area contributed by atoms with Crippen LogP contribution in [-0.2, 0) is 32.9 Å². The summed E-state index contributed by atoms with van der Waals surface area (Å²) in [5, 5.41) is 0. The number of phosphoric acid groups is 1. The van der Waals surface area contributed by atoms with Crippen LogP contribution in [0.3, 0.4) is 0 Å². The molecular formula is C43H71O9P. The lowest BCUT2D eigenvalue weighted by Gasteiger charge is -2.18. The number of esters is 2. The minimum absolute atomic E-state index is 0.108. The molecule has 9 nitrogen and oxygen atoms in total. The van der Waals surface area contributed by atoms with Gasteiger partial charge in [-0.3, -0.25) is 14.1 Å². The zero-order valence-corrected chi connectivity index (χ0v) is 33.7. The average Bonchev–Trinajstić information content (AvgIpc) is 3.88. The molecule has 0 bridgehead atoms. The maximum atomic E-state index is 12.5. The van der Waals surface area contributed by atoms with Gasteiger partial charge in [0.15, 0.2) is 6.10 Å². The number of rotatable bonds is 35. The van der Waals surface area contributed by atoms with Crippen LogP contribution in [0.4, 0.5) is 0 Å². The van der Waals surface area contributed by atoms with Crippen molar-refractivity contribution < 1.29 is 42.7 Å². The third-order valence-electron chi connectivity index (χ3n) is 8.62. The van der Waals surface area contributed by atoms with Crippen molar-refractivity contribution in [3.05, 3.63) is 72.9 Å². The molecule has 1 rings (SSSR count). The fourth-order valence-electron chi connectivity index (χ4n) is 5.46. The molecule has 0 spiro atoms. The summed E-state index contributed by atoms with van der Waals surface area (Å²) < 4.78 is 32.1. The summed E-state index contributed by atoms with van der Waals surface area (Å²) in [5.41, 5.74) is 0. The standard InChI is InChI=1S/C43H71O9P/c1-3-5-7-9-11-13-15-17-18-19-20-21-23-25-27-29-31-35-42(44)49-37-39(38-50-53(46,47)48)51-43(45)36-32-34-41-40(52-41)33-30-28-26-24-22-16-14-12-10-8-6-4-2/h11-14,17-18,20-22,24,28,30,39-41H,3-10,15-16,19,23,25-27,29,31-38H2,1-2H3,(H2,46,47,48)/b13-11-,14-12-,18-17-,21-20-,24-22-,30-28-/t39-,40?,41?/m1/s1. The van der Waals surface area contributed by atoms with Crippen molar-refractivity contribution in [3.8, 4) is 0 Å². The predicted octanol–water partition coefficient (Wildman–Crippen LogP) is 11.3. The summed E-state index contributed by atoms with van der Waals surface area (Å²) >= 11 is 0. The van der Waals surface area contributed by atoms with Gasteiger partial charge >= 0.3 is 19.8 Å². The number of hydrogen-bond donors (Lipinski definition) is 2. The van der Waals surface area contributed by atoms with Gasteiger partial charge in [0.25, 0.3) is 0 Å². The maximum Gasteiger partial charge on any atom is 0.469 e. The Bertz CT molecular complexity index is 1150. The lowest BCUT2D eigenvalue weighted by Crippen LogP contribution is -2.29. The van der Waals surface area contributed by atoms with Gasteiger partial charge in [0.05, 0.1) is 18.8 Å². The molecule has 0 aromatic carbocycles. The summed E-state index contributed by atoms with van der Waals surface area (Å²) in [6.45, 7) is 3.53. The summed E-state index contributed by atoms with van der Waals surface area (Å²) in [6, 6.07) is 0. The van der Waals surface area contributed by atoms with Crippen LogP contribution in [0.25, 0.3) is 0 Å². The van der Waals surface area contributed by atoms with Crippen molar-refractivity contribution in [3.63, 3.8) is 0 Å². The summed E-state index contributed by atoms with van der Waals surface area (Å²) in [4.78, 5) is 42.9. The van der Waals surface area contributed by atoms with Crippen LogP contribution in [0, 0.1) is 0 Å². The number of carbonyl (C=O) groups is 2. The van der Waals surface area contributed by atoms with Crippen LogP contribution >= 0.6 is 7.82 Å². The molecule has 3 atom stereocenters. The second kappa shape index (κ2) is 34.0. The highest BCUT2D eigenvalue weighted by Crippen LogP contribution is 2.36. The topological polar surface area (TPSA) is 132 Å². The minimum atomic E-state index is -4.79. The lowest BCUT2D eigenvalue weighted by molar-refractivity contribution is -0.161. The van der Waals surface area contributed by atoms with Gasteiger partial charge in [-0.1, -0.05) is 125 Å². The molecule has 1 heterocycles. The van der Waals surface area contributed by atoms with Gasteiger partial charge in [0.1, 0.15) is 6.61 Å². The van der Waals surface area contributed by atoms with Gasteiger partial charge in [-0.25, -0.2) is 4.57 Å². The SMILES string of the molecule is CCCCC/C=C\C/C=C\C/C=C\CCCCCCC(=O)OC[C@H](COP(=O)(O)O)OC(=O)CCCC1OC1C/C=C\C/C=C\C/C=C\CCCCC. The third-order valence-corrected chi connectivity index (χ3v) is 9.11. The van der Waals surface area contributed by atoms with Gasteiger partial charge in [0.2, 0.25) is 0 Å². The number of hydrogen-bond acceptors (Lipinski definition) is 7. The summed E-state index contributed by atoms with van der Waals surface area (Å²) in [7, 11) is -4.79. The molecule has 1 aliphatic rings. The Kier molecular flexibility index (Phi) is 31.1. The number of phosphoric ester groups is 1. The molecule has 0 aromatic heterocycles. The van der Waals surface area contributed by atoms with Crippen molar-refractivity contribution in [1.29, 1.82) is 0 Å². The molecule has 0 aromatic rings. The molecule has 1 fully saturated rings. The first-order chi connectivity index (χ1) is 25.7. The first-order valence-electron chi connectivity index (χ1n) is 20.4. The van der Waals surface area contributed by atoms with E-state index >= 15 is 0 Å². The fraction of sp³-hybridized carbons (Fsp3) is 0.674. The normalized spacial score (nSPS) is 17.1. The fourth-order valence-corrected chi connectivity index (χ4v) is 5.83. The molecule has 10 heteroatoms. The summed E-state index contributed by atoms with van der Waals surface area (Å²) in [6.07, 6.45) is 46.4. The molecule has 0 aliphatic carbocycles. The van der Waals surface area contributed by atoms with Crippen LogP contribution in [-0.4, -0.2) is 53.3 Å². The zero-order chi connectivity index (χ0) is 38.7. The first-order valence-corrected chi connectivity index (χ1v) is 21.9. The van der Waals surface area contributed by atoms with E-state index in [0.717, 1.165) is 64.2 Å². The second-order valence-electron chi connectivity index (χ2n) is 13.6. The second-order valence-corrected chi connectivity index (χ2v) is 14.9. The number of carbonyl (C=O) groups excluding carboxylic acids is 2. The Labute approximate surface area is 321 Å². The van der Waals surface area contributed by atoms with Crippen molar-refractivity contribution in [2.75, 3.05) is 13.2 Å². The van der Waals surface area contributed by atoms with Crippen molar-refractivity contribution in [1.82, 2.24) is 0 Å². The average molecular weight is 763 g/mol. The number of epoxide rings is 1. The molecule has 302 valence electrons. The molecule has 1 aliphatic heterocycles. The maximum absolute atomic E-state index is 12.5. The van der Waals surface area contributed by atoms with Crippen LogP contribution < -0.4 is 0 Å². The van der Waals surface area contributed by atoms with Crippen LogP contribution in [0.15, 0.2) is 72.9 Å². The Morgan fingerprint density at radius 2 is 1.09 bits per heavy atom. The van der Waals surface area contributed by atoms with E-state index < -0.39 is 32.5 Å². The summed E-state index contributed by atoms with van der Waals surface area (Å²) in [5.74, 6) is -0.993. The molecule has 0 saturated carbocycles. The zero-order valence-electron chi connectivity index (χ0n) is 32.8. The highest BCUT2D eigenvalue weighted by molar-refractivity contribution is 7.46. The van der Waals surface area contributed by atoms with Gasteiger partial charge in [-0.2, -0.15) is 0 Å². The van der Waals surface area contributed by atoms with Gasteiger partial charge < -0.3 is 24.0 Å². The molecular weight excluding hydrogens is 691 g/mol. The molecule has 2 unspecified atom stereocenters. The number of unbranched alkanes of at least 4 members (excludes halogenated alkanes) is 10. The van der Waals surface area contributed by atoms with E-state index in [9.17, 15) is 14.2 Å². The monoisotopic (exact) mass is 762 g/mol. The first kappa shape index (κ1) is 48.5. The van der Waals surface area contributed by atoms with E-state index in [1.165, 1.54) is 44.9 Å². The Hall–Kier alpha value is -2.55. The molecule has 0 amide bonds. The Morgan fingerprint density at radius 1 is 0.604 bits per heavy atom. The molecule has 2 N–H and O–H groups in total. The highest BCUT2D eigenvalue weighted by Gasteiger charge is 2.36. The molecule has 53 heavy (non-hydrogen) atoms. The smallest absolute Gasteiger partial charge is 0.462 e. The van der Waals surface area contributed by atoms with Gasteiger partial charge in [-0.05, 0) is 89.9 Å². The number of allylic oxidation sites excluding steroid dienone is 11. The van der Waals surface area contributed by atoms with E-state index in [2.05, 4.69) is 91.3 Å². The van der Waals surface area contributed by atoms with Gasteiger partial charge in [0, 0.05) is 12.8 Å². The minimum Gasteiger partial charge on any atom is -0.462 e. The quantitative estimate of drug-likeness (QED) is 0.0213. The largest absolute Gasteiger partial charge is 0.469 e. The van der Waals surface area contributed by atoms with Crippen LogP contribution in [0.2, 0.25) is 0 Å². The Balaban J connectivity index is 2.16. The molecule has 0 radical (unpaired) electrons. The molecule has 1 saturated heterocycles. The number of ether oxygens (including phenoxy) is 3. The van der Waals surface area contributed by atoms with Crippen molar-refractivity contribution in [2.24, 2.45) is 0 Å². The highest BCUT2D eigenvalue weighted by atomic mass is 31.2. The van der Waals surface area contributed by atoms with E-state index in [1.807, 2.05) is 0 Å². The van der Waals surface area contributed by atoms with Crippen molar-refractivity contribution in [2.45, 2.75) is 173 Å². The van der Waals surface area contributed by atoms with Crippen LogP contribution in [0.1, 0.15) is 155 Å². The van der Waals surface area contributed by atoms with Crippen molar-refractivity contribution >= 4 is 19.8 Å². The van der Waals surface area contributed by atoms with E-state index in [4.69, 9.17) is 24.0 Å². The van der Waals surface area contributed by atoms with Crippen LogP contribution in [0.5, 0.6) is 0 Å². The van der Waals surface area contributed by atoms with E-state index in [0.29, 0.717) is 19.3 Å².